The lowest BCUT2D eigenvalue weighted by Gasteiger charge is -2.19. The number of unbranched alkanes of at least 4 members (excludes halogenated alkanes) is 2. The van der Waals surface area contributed by atoms with Crippen LogP contribution in [0, 0.1) is 5.41 Å². The molecule has 1 aromatic rings. The summed E-state index contributed by atoms with van der Waals surface area (Å²) in [5.41, 5.74) is 0.227. The van der Waals surface area contributed by atoms with Gasteiger partial charge in [-0.2, -0.15) is 0 Å². The number of hydrogen-bond donors (Lipinski definition) is 2. The van der Waals surface area contributed by atoms with E-state index in [1.807, 2.05) is 37.3 Å². The second-order valence-corrected chi connectivity index (χ2v) is 6.15. The van der Waals surface area contributed by atoms with Gasteiger partial charge in [0, 0.05) is 6.54 Å². The predicted octanol–water partition coefficient (Wildman–Crippen LogP) is 2.95. The first kappa shape index (κ1) is 16.5. The van der Waals surface area contributed by atoms with Gasteiger partial charge in [0.2, 0.25) is 11.8 Å². The first-order valence-electron chi connectivity index (χ1n) is 8.24. The van der Waals surface area contributed by atoms with Crippen LogP contribution in [-0.2, 0) is 9.59 Å². The molecule has 2 amide bonds. The maximum atomic E-state index is 12.5. The third kappa shape index (κ3) is 3.87. The molecule has 4 nitrogen and oxygen atoms in total. The van der Waals surface area contributed by atoms with Crippen LogP contribution in [0.15, 0.2) is 30.3 Å². The number of carbonyl (C=O) groups is 2. The first-order valence-corrected chi connectivity index (χ1v) is 8.24. The maximum absolute atomic E-state index is 12.5. The zero-order valence-corrected chi connectivity index (χ0v) is 13.5. The van der Waals surface area contributed by atoms with E-state index in [-0.39, 0.29) is 17.9 Å². The molecule has 0 heterocycles. The molecule has 1 aliphatic rings. The second-order valence-electron chi connectivity index (χ2n) is 6.15. The third-order valence-electron chi connectivity index (χ3n) is 4.33. The number of hydrogen-bond acceptors (Lipinski definition) is 2. The van der Waals surface area contributed by atoms with Crippen LogP contribution in [0.5, 0.6) is 0 Å². The fourth-order valence-corrected chi connectivity index (χ4v) is 2.59. The van der Waals surface area contributed by atoms with Crippen molar-refractivity contribution in [2.45, 2.75) is 52.0 Å². The Morgan fingerprint density at radius 2 is 1.82 bits per heavy atom. The molecule has 0 bridgehead atoms. The monoisotopic (exact) mass is 302 g/mol. The molecule has 0 aromatic heterocycles. The van der Waals surface area contributed by atoms with Crippen molar-refractivity contribution in [2.24, 2.45) is 5.41 Å². The topological polar surface area (TPSA) is 58.2 Å². The van der Waals surface area contributed by atoms with E-state index in [1.54, 1.807) is 0 Å². The van der Waals surface area contributed by atoms with Crippen LogP contribution in [0.3, 0.4) is 0 Å². The Morgan fingerprint density at radius 3 is 2.41 bits per heavy atom. The lowest BCUT2D eigenvalue weighted by atomic mass is 10.0. The van der Waals surface area contributed by atoms with Gasteiger partial charge in [-0.15, -0.1) is 0 Å². The summed E-state index contributed by atoms with van der Waals surface area (Å²) < 4.78 is 0. The summed E-state index contributed by atoms with van der Waals surface area (Å²) in [5.74, 6) is -0.252. The molecule has 1 atom stereocenters. The van der Waals surface area contributed by atoms with E-state index in [9.17, 15) is 9.59 Å². The summed E-state index contributed by atoms with van der Waals surface area (Å²) in [7, 11) is 0. The molecule has 1 aliphatic carbocycles. The number of rotatable bonds is 8. The van der Waals surface area contributed by atoms with Crippen molar-refractivity contribution in [1.82, 2.24) is 10.6 Å². The maximum Gasteiger partial charge on any atom is 0.236 e. The van der Waals surface area contributed by atoms with Crippen LogP contribution in [0.2, 0.25) is 0 Å². The Kier molecular flexibility index (Phi) is 5.58. The SMILES string of the molecule is CCCCCNC(=O)C1(C(=O)NC(C)c2ccccc2)CC1. The Balaban J connectivity index is 1.87. The van der Waals surface area contributed by atoms with Crippen molar-refractivity contribution in [3.05, 3.63) is 35.9 Å². The smallest absolute Gasteiger partial charge is 0.236 e. The highest BCUT2D eigenvalue weighted by Crippen LogP contribution is 2.46. The normalized spacial score (nSPS) is 16.6. The highest BCUT2D eigenvalue weighted by molar-refractivity contribution is 6.07. The van der Waals surface area contributed by atoms with Crippen molar-refractivity contribution in [1.29, 1.82) is 0 Å². The van der Waals surface area contributed by atoms with E-state index < -0.39 is 5.41 Å². The molecule has 0 aliphatic heterocycles. The van der Waals surface area contributed by atoms with Gasteiger partial charge in [0.05, 0.1) is 6.04 Å². The summed E-state index contributed by atoms with van der Waals surface area (Å²) in [5, 5.41) is 5.90. The van der Waals surface area contributed by atoms with Gasteiger partial charge in [-0.25, -0.2) is 0 Å². The number of benzene rings is 1. The van der Waals surface area contributed by atoms with Crippen molar-refractivity contribution in [3.8, 4) is 0 Å². The molecule has 1 saturated carbocycles. The second kappa shape index (κ2) is 7.43. The Hall–Kier alpha value is -1.84. The van der Waals surface area contributed by atoms with Crippen LogP contribution in [0.25, 0.3) is 0 Å². The Labute approximate surface area is 132 Å². The van der Waals surface area contributed by atoms with Crippen LogP contribution in [0.1, 0.15) is 57.6 Å². The van der Waals surface area contributed by atoms with Crippen LogP contribution >= 0.6 is 0 Å². The van der Waals surface area contributed by atoms with Crippen LogP contribution in [-0.4, -0.2) is 18.4 Å². The first-order chi connectivity index (χ1) is 10.6. The standard InChI is InChI=1S/C18H26N2O2/c1-3-4-8-13-19-16(21)18(11-12-18)17(22)20-14(2)15-9-6-5-7-10-15/h5-7,9-10,14H,3-4,8,11-13H2,1-2H3,(H,19,21)(H,20,22). The molecule has 0 radical (unpaired) electrons. The van der Waals surface area contributed by atoms with Crippen molar-refractivity contribution in [3.63, 3.8) is 0 Å². The van der Waals surface area contributed by atoms with Crippen molar-refractivity contribution in [2.75, 3.05) is 6.54 Å². The number of amides is 2. The lowest BCUT2D eigenvalue weighted by molar-refractivity contribution is -0.137. The summed E-state index contributed by atoms with van der Waals surface area (Å²) in [6.45, 7) is 4.74. The van der Waals surface area contributed by atoms with E-state index in [4.69, 9.17) is 0 Å². The number of carbonyl (C=O) groups excluding carboxylic acids is 2. The molecule has 4 heteroatoms. The van der Waals surface area contributed by atoms with Crippen molar-refractivity contribution < 1.29 is 9.59 Å². The minimum Gasteiger partial charge on any atom is -0.355 e. The van der Waals surface area contributed by atoms with Gasteiger partial charge < -0.3 is 10.6 Å². The molecular formula is C18H26N2O2. The minimum atomic E-state index is -0.824. The third-order valence-corrected chi connectivity index (χ3v) is 4.33. The van der Waals surface area contributed by atoms with Gasteiger partial charge in [-0.05, 0) is 31.7 Å². The van der Waals surface area contributed by atoms with Crippen LogP contribution < -0.4 is 10.6 Å². The molecule has 1 aromatic carbocycles. The summed E-state index contributed by atoms with van der Waals surface area (Å²) in [6.07, 6.45) is 4.50. The zero-order chi connectivity index (χ0) is 16.0. The quantitative estimate of drug-likeness (QED) is 0.573. The van der Waals surface area contributed by atoms with E-state index in [1.165, 1.54) is 0 Å². The van der Waals surface area contributed by atoms with Gasteiger partial charge in [-0.1, -0.05) is 50.1 Å². The highest BCUT2D eigenvalue weighted by atomic mass is 16.2. The zero-order valence-electron chi connectivity index (χ0n) is 13.5. The van der Waals surface area contributed by atoms with E-state index in [0.717, 1.165) is 24.8 Å². The highest BCUT2D eigenvalue weighted by Gasteiger charge is 2.56. The molecule has 1 unspecified atom stereocenters. The van der Waals surface area contributed by atoms with E-state index in [2.05, 4.69) is 17.6 Å². The fraction of sp³-hybridized carbons (Fsp3) is 0.556. The largest absolute Gasteiger partial charge is 0.355 e. The molecule has 0 saturated heterocycles. The van der Waals surface area contributed by atoms with Gasteiger partial charge in [0.25, 0.3) is 0 Å². The summed E-state index contributed by atoms with van der Waals surface area (Å²) in [6, 6.07) is 9.73. The fourth-order valence-electron chi connectivity index (χ4n) is 2.59. The van der Waals surface area contributed by atoms with Crippen LogP contribution in [0.4, 0.5) is 0 Å². The molecule has 2 rings (SSSR count). The van der Waals surface area contributed by atoms with E-state index >= 15 is 0 Å². The van der Waals surface area contributed by atoms with Gasteiger partial charge in [0.15, 0.2) is 0 Å². The molecule has 22 heavy (non-hydrogen) atoms. The van der Waals surface area contributed by atoms with Crippen molar-refractivity contribution >= 4 is 11.8 Å². The van der Waals surface area contributed by atoms with E-state index in [0.29, 0.717) is 19.4 Å². The number of nitrogens with one attached hydrogen (secondary N) is 2. The molecule has 120 valence electrons. The average Bonchev–Trinajstić information content (AvgIpc) is 3.34. The Morgan fingerprint density at radius 1 is 1.14 bits per heavy atom. The Bertz CT molecular complexity index is 509. The average molecular weight is 302 g/mol. The predicted molar refractivity (Wildman–Crippen MR) is 87.2 cm³/mol. The minimum absolute atomic E-state index is 0.0842. The molecular weight excluding hydrogens is 276 g/mol. The lowest BCUT2D eigenvalue weighted by Crippen LogP contribution is -2.44. The summed E-state index contributed by atoms with van der Waals surface area (Å²) in [4.78, 5) is 24.7. The summed E-state index contributed by atoms with van der Waals surface area (Å²) >= 11 is 0. The van der Waals surface area contributed by atoms with Gasteiger partial charge in [0.1, 0.15) is 5.41 Å². The molecule has 2 N–H and O–H groups in total. The van der Waals surface area contributed by atoms with Gasteiger partial charge >= 0.3 is 0 Å². The van der Waals surface area contributed by atoms with Gasteiger partial charge in [-0.3, -0.25) is 9.59 Å². The molecule has 0 spiro atoms. The molecule has 1 fully saturated rings.